The average molecular weight is 613 g/mol. The maximum atomic E-state index is 5.30. The Hall–Kier alpha value is -6.52. The molecular weight excluding hydrogens is 585 g/mol. The molecule has 0 aliphatic heterocycles. The first-order chi connectivity index (χ1) is 23.8. The van der Waals surface area contributed by atoms with Gasteiger partial charge in [0.1, 0.15) is 0 Å². The molecule has 0 aliphatic rings. The summed E-state index contributed by atoms with van der Waals surface area (Å²) in [7, 11) is 0. The summed E-state index contributed by atoms with van der Waals surface area (Å²) in [6.45, 7) is 0. The van der Waals surface area contributed by atoms with Crippen molar-refractivity contribution < 1.29 is 0 Å². The fraction of sp³-hybridized carbons (Fsp3) is 0. The van der Waals surface area contributed by atoms with Crippen LogP contribution in [-0.2, 0) is 0 Å². The largest absolute Gasteiger partial charge is 0.248 e. The van der Waals surface area contributed by atoms with Gasteiger partial charge in [0.15, 0.2) is 5.82 Å². The molecule has 0 amide bonds. The van der Waals surface area contributed by atoms with Crippen molar-refractivity contribution in [2.75, 3.05) is 0 Å². The Kier molecular flexibility index (Phi) is 6.76. The van der Waals surface area contributed by atoms with E-state index in [2.05, 4.69) is 109 Å². The van der Waals surface area contributed by atoms with Gasteiger partial charge in [-0.05, 0) is 47.9 Å². The van der Waals surface area contributed by atoms with Gasteiger partial charge in [0, 0.05) is 44.0 Å². The molecule has 0 unspecified atom stereocenters. The highest BCUT2D eigenvalue weighted by Crippen LogP contribution is 2.39. The maximum Gasteiger partial charge on any atom is 0.160 e. The van der Waals surface area contributed by atoms with E-state index >= 15 is 0 Å². The van der Waals surface area contributed by atoms with Crippen molar-refractivity contribution >= 4 is 32.6 Å². The Labute approximate surface area is 278 Å². The summed E-state index contributed by atoms with van der Waals surface area (Å²) in [5, 5.41) is 4.31. The van der Waals surface area contributed by atoms with E-state index in [1.165, 1.54) is 0 Å². The minimum absolute atomic E-state index is 0.673. The zero-order valence-corrected chi connectivity index (χ0v) is 26.0. The van der Waals surface area contributed by atoms with Gasteiger partial charge in [0.05, 0.1) is 33.8 Å². The van der Waals surface area contributed by atoms with E-state index in [1.54, 1.807) is 0 Å². The van der Waals surface area contributed by atoms with E-state index < -0.39 is 0 Å². The van der Waals surface area contributed by atoms with Crippen molar-refractivity contribution in [3.05, 3.63) is 170 Å². The lowest BCUT2D eigenvalue weighted by atomic mass is 9.95. The van der Waals surface area contributed by atoms with E-state index in [0.717, 1.165) is 83.2 Å². The molecule has 0 spiro atoms. The van der Waals surface area contributed by atoms with Crippen molar-refractivity contribution in [2.24, 2.45) is 0 Å². The van der Waals surface area contributed by atoms with Crippen LogP contribution < -0.4 is 0 Å². The molecule has 6 aromatic carbocycles. The second-order valence-corrected chi connectivity index (χ2v) is 11.9. The Bertz CT molecular complexity index is 2530. The molecule has 0 atom stereocenters. The van der Waals surface area contributed by atoms with Crippen molar-refractivity contribution in [1.82, 2.24) is 19.9 Å². The van der Waals surface area contributed by atoms with Crippen LogP contribution in [0, 0.1) is 0 Å². The fourth-order valence-electron chi connectivity index (χ4n) is 6.51. The molecule has 0 saturated heterocycles. The van der Waals surface area contributed by atoms with E-state index in [0.29, 0.717) is 5.82 Å². The molecule has 0 aliphatic carbocycles. The minimum atomic E-state index is 0.673. The third kappa shape index (κ3) is 4.97. The number of nitrogens with zero attached hydrogens (tertiary/aromatic N) is 4. The van der Waals surface area contributed by atoms with Crippen LogP contribution in [0.4, 0.5) is 0 Å². The average Bonchev–Trinajstić information content (AvgIpc) is 3.18. The fourth-order valence-corrected chi connectivity index (χ4v) is 6.51. The van der Waals surface area contributed by atoms with Crippen molar-refractivity contribution in [1.29, 1.82) is 0 Å². The summed E-state index contributed by atoms with van der Waals surface area (Å²) in [5.74, 6) is 0.673. The third-order valence-electron chi connectivity index (χ3n) is 8.87. The van der Waals surface area contributed by atoms with E-state index in [-0.39, 0.29) is 0 Å². The first kappa shape index (κ1) is 27.8. The van der Waals surface area contributed by atoms with Crippen LogP contribution in [-0.4, -0.2) is 19.9 Å². The molecule has 0 fully saturated rings. The second kappa shape index (κ2) is 11.7. The molecule has 0 N–H and O–H groups in total. The van der Waals surface area contributed by atoms with Crippen LogP contribution in [0.3, 0.4) is 0 Å². The lowest BCUT2D eigenvalue weighted by Gasteiger charge is -2.14. The van der Waals surface area contributed by atoms with Crippen molar-refractivity contribution in [3.63, 3.8) is 0 Å². The van der Waals surface area contributed by atoms with Crippen LogP contribution in [0.2, 0.25) is 0 Å². The summed E-state index contributed by atoms with van der Waals surface area (Å²) < 4.78 is 0. The van der Waals surface area contributed by atoms with E-state index in [9.17, 15) is 0 Å². The monoisotopic (exact) mass is 612 g/mol. The van der Waals surface area contributed by atoms with Crippen LogP contribution >= 0.6 is 0 Å². The number of aromatic nitrogens is 4. The van der Waals surface area contributed by atoms with E-state index in [4.69, 9.17) is 19.9 Å². The Morgan fingerprint density at radius 3 is 1.40 bits per heavy atom. The van der Waals surface area contributed by atoms with Crippen LogP contribution in [0.25, 0.3) is 89.0 Å². The normalized spacial score (nSPS) is 11.3. The maximum absolute atomic E-state index is 5.30. The van der Waals surface area contributed by atoms with Gasteiger partial charge in [0.2, 0.25) is 0 Å². The van der Waals surface area contributed by atoms with Gasteiger partial charge in [-0.25, -0.2) is 19.9 Å². The molecule has 3 aromatic heterocycles. The van der Waals surface area contributed by atoms with Crippen LogP contribution in [0.15, 0.2) is 170 Å². The third-order valence-corrected chi connectivity index (χ3v) is 8.87. The second-order valence-electron chi connectivity index (χ2n) is 11.9. The topological polar surface area (TPSA) is 51.6 Å². The first-order valence-electron chi connectivity index (χ1n) is 16.1. The lowest BCUT2D eigenvalue weighted by Crippen LogP contribution is -1.97. The summed E-state index contributed by atoms with van der Waals surface area (Å²) in [5.41, 5.74) is 10.7. The van der Waals surface area contributed by atoms with Gasteiger partial charge in [-0.3, -0.25) is 0 Å². The molecule has 9 rings (SSSR count). The van der Waals surface area contributed by atoms with Gasteiger partial charge < -0.3 is 0 Å². The SMILES string of the molecule is c1ccc(-c2cc(-c3ccccc3)nc(-c3ccc4nc(-c5ccccc5)c5c6ccc(-c7ccccc7)nc6ccc5c4c3)n2)cc1. The number of hydrogen-bond donors (Lipinski definition) is 0. The number of rotatable bonds is 5. The predicted molar refractivity (Wildman–Crippen MR) is 197 cm³/mol. The van der Waals surface area contributed by atoms with Crippen LogP contribution in [0.5, 0.6) is 0 Å². The molecule has 0 radical (unpaired) electrons. The Morgan fingerprint density at radius 1 is 0.292 bits per heavy atom. The van der Waals surface area contributed by atoms with Gasteiger partial charge in [-0.1, -0.05) is 127 Å². The number of pyridine rings is 2. The molecule has 224 valence electrons. The van der Waals surface area contributed by atoms with Gasteiger partial charge in [-0.15, -0.1) is 0 Å². The highest BCUT2D eigenvalue weighted by molar-refractivity contribution is 6.21. The quantitative estimate of drug-likeness (QED) is 0.181. The summed E-state index contributed by atoms with van der Waals surface area (Å²) >= 11 is 0. The molecule has 4 heteroatoms. The summed E-state index contributed by atoms with van der Waals surface area (Å²) in [4.78, 5) is 20.6. The first-order valence-corrected chi connectivity index (χ1v) is 16.1. The molecule has 0 bridgehead atoms. The highest BCUT2D eigenvalue weighted by Gasteiger charge is 2.17. The van der Waals surface area contributed by atoms with Crippen molar-refractivity contribution in [3.8, 4) is 56.4 Å². The lowest BCUT2D eigenvalue weighted by molar-refractivity contribution is 1.18. The molecule has 0 saturated carbocycles. The smallest absolute Gasteiger partial charge is 0.160 e. The predicted octanol–water partition coefficient (Wildman–Crippen LogP) is 11.1. The number of hydrogen-bond acceptors (Lipinski definition) is 4. The molecular formula is C44H28N4. The number of fused-ring (bicyclic) bond motifs is 5. The van der Waals surface area contributed by atoms with Crippen LogP contribution in [0.1, 0.15) is 0 Å². The highest BCUT2D eigenvalue weighted by atomic mass is 14.9. The van der Waals surface area contributed by atoms with Gasteiger partial charge in [0.25, 0.3) is 0 Å². The zero-order chi connectivity index (χ0) is 31.9. The molecule has 48 heavy (non-hydrogen) atoms. The minimum Gasteiger partial charge on any atom is -0.248 e. The summed E-state index contributed by atoms with van der Waals surface area (Å²) in [6, 6.07) is 58.4. The standard InChI is InChI=1S/C44H28N4/c1-5-13-29(14-6-1)37-25-23-35-38(45-37)26-22-34-36-27-33(21-24-39(36)46-43(42(34)35)32-19-11-4-12-20-32)44-47-40(30-15-7-2-8-16-30)28-41(48-44)31-17-9-3-10-18-31/h1-28H. The van der Waals surface area contributed by atoms with E-state index in [1.807, 2.05) is 60.7 Å². The molecule has 3 heterocycles. The van der Waals surface area contributed by atoms with Crippen molar-refractivity contribution in [2.45, 2.75) is 0 Å². The number of benzene rings is 6. The Morgan fingerprint density at radius 2 is 0.792 bits per heavy atom. The molecule has 4 nitrogen and oxygen atoms in total. The zero-order valence-electron chi connectivity index (χ0n) is 26.0. The summed E-state index contributed by atoms with van der Waals surface area (Å²) in [6.07, 6.45) is 0. The Balaban J connectivity index is 1.29. The van der Waals surface area contributed by atoms with Gasteiger partial charge >= 0.3 is 0 Å². The van der Waals surface area contributed by atoms with Gasteiger partial charge in [-0.2, -0.15) is 0 Å². The molecule has 9 aromatic rings.